The first kappa shape index (κ1) is 20.9. The SMILES string of the molecule is COC(=O)c1cccc2cc(Oc3cc4c(cc3Br)C(C)(C)CCC4(C)C)ccc12. The van der Waals surface area contributed by atoms with Crippen molar-refractivity contribution in [1.29, 1.82) is 0 Å². The van der Waals surface area contributed by atoms with E-state index in [1.165, 1.54) is 24.7 Å². The van der Waals surface area contributed by atoms with Gasteiger partial charge < -0.3 is 9.47 Å². The Bertz CT molecular complexity index is 1140. The van der Waals surface area contributed by atoms with Crippen molar-refractivity contribution in [2.75, 3.05) is 7.11 Å². The lowest BCUT2D eigenvalue weighted by molar-refractivity contribution is 0.0603. The molecule has 0 N–H and O–H groups in total. The van der Waals surface area contributed by atoms with Gasteiger partial charge in [-0.25, -0.2) is 4.79 Å². The Balaban J connectivity index is 1.75. The van der Waals surface area contributed by atoms with Crippen LogP contribution in [-0.4, -0.2) is 13.1 Å². The summed E-state index contributed by atoms with van der Waals surface area (Å²) in [7, 11) is 1.40. The van der Waals surface area contributed by atoms with E-state index in [2.05, 4.69) is 55.8 Å². The first-order valence-electron chi connectivity index (χ1n) is 10.3. The summed E-state index contributed by atoms with van der Waals surface area (Å²) < 4.78 is 12.2. The molecule has 1 aliphatic rings. The summed E-state index contributed by atoms with van der Waals surface area (Å²) in [5, 5.41) is 1.79. The van der Waals surface area contributed by atoms with Gasteiger partial charge in [-0.15, -0.1) is 0 Å². The van der Waals surface area contributed by atoms with Crippen molar-refractivity contribution in [3.63, 3.8) is 0 Å². The molecule has 0 radical (unpaired) electrons. The van der Waals surface area contributed by atoms with Crippen molar-refractivity contribution in [3.05, 3.63) is 69.7 Å². The molecule has 0 spiro atoms. The Morgan fingerprint density at radius 2 is 1.60 bits per heavy atom. The van der Waals surface area contributed by atoms with Gasteiger partial charge in [0.05, 0.1) is 17.1 Å². The van der Waals surface area contributed by atoms with Crippen LogP contribution >= 0.6 is 15.9 Å². The fourth-order valence-corrected chi connectivity index (χ4v) is 4.81. The second-order valence-corrected chi connectivity index (χ2v) is 10.2. The summed E-state index contributed by atoms with van der Waals surface area (Å²) in [5.74, 6) is 1.21. The molecular formula is C26H27BrO3. The maximum Gasteiger partial charge on any atom is 0.338 e. The number of carbonyl (C=O) groups is 1. The van der Waals surface area contributed by atoms with Crippen LogP contribution < -0.4 is 4.74 Å². The van der Waals surface area contributed by atoms with Gasteiger partial charge in [-0.3, -0.25) is 0 Å². The Hall–Kier alpha value is -2.33. The van der Waals surface area contributed by atoms with Gasteiger partial charge in [0.2, 0.25) is 0 Å². The quantitative estimate of drug-likeness (QED) is 0.374. The van der Waals surface area contributed by atoms with Crippen LogP contribution in [-0.2, 0) is 15.6 Å². The molecule has 1 aliphatic carbocycles. The summed E-state index contributed by atoms with van der Waals surface area (Å²) in [4.78, 5) is 12.0. The molecule has 4 heteroatoms. The largest absolute Gasteiger partial charge is 0.465 e. The second kappa shape index (κ2) is 7.42. The fourth-order valence-electron chi connectivity index (χ4n) is 4.39. The minimum absolute atomic E-state index is 0.114. The predicted molar refractivity (Wildman–Crippen MR) is 125 cm³/mol. The second-order valence-electron chi connectivity index (χ2n) is 9.38. The summed E-state index contributed by atoms with van der Waals surface area (Å²) in [6.45, 7) is 9.25. The molecule has 0 saturated heterocycles. The molecule has 0 amide bonds. The molecule has 0 fully saturated rings. The van der Waals surface area contributed by atoms with Crippen LogP contribution in [0.3, 0.4) is 0 Å². The molecule has 0 bridgehead atoms. The molecule has 4 rings (SSSR count). The third kappa shape index (κ3) is 3.62. The lowest BCUT2D eigenvalue weighted by atomic mass is 9.63. The van der Waals surface area contributed by atoms with Crippen LogP contribution in [0, 0.1) is 0 Å². The van der Waals surface area contributed by atoms with Crippen LogP contribution in [0.25, 0.3) is 10.8 Å². The third-order valence-electron chi connectivity index (χ3n) is 6.39. The standard InChI is InChI=1S/C26H27BrO3/c1-25(2)11-12-26(3,4)21-15-23(22(27)14-20(21)25)30-17-9-10-18-16(13-17)7-6-8-19(18)24(28)29-5/h6-10,13-15H,11-12H2,1-5H3. The van der Waals surface area contributed by atoms with E-state index < -0.39 is 0 Å². The van der Waals surface area contributed by atoms with Gasteiger partial charge in [0.1, 0.15) is 11.5 Å². The fraction of sp³-hybridized carbons (Fsp3) is 0.346. The molecule has 0 aliphatic heterocycles. The lowest BCUT2D eigenvalue weighted by Crippen LogP contribution is -2.33. The van der Waals surface area contributed by atoms with Crippen molar-refractivity contribution >= 4 is 32.7 Å². The van der Waals surface area contributed by atoms with Gasteiger partial charge in [0.25, 0.3) is 0 Å². The highest BCUT2D eigenvalue weighted by Gasteiger charge is 2.37. The number of ether oxygens (including phenoxy) is 2. The zero-order chi connectivity index (χ0) is 21.7. The highest BCUT2D eigenvalue weighted by Crippen LogP contribution is 2.49. The molecule has 3 nitrogen and oxygen atoms in total. The van der Waals surface area contributed by atoms with E-state index in [1.807, 2.05) is 30.3 Å². The highest BCUT2D eigenvalue weighted by atomic mass is 79.9. The average Bonchev–Trinajstić information content (AvgIpc) is 2.71. The minimum Gasteiger partial charge on any atom is -0.465 e. The number of halogens is 1. The van der Waals surface area contributed by atoms with E-state index in [0.717, 1.165) is 33.2 Å². The summed E-state index contributed by atoms with van der Waals surface area (Å²) >= 11 is 3.73. The number of rotatable bonds is 3. The molecule has 3 aromatic rings. The first-order chi connectivity index (χ1) is 14.1. The van der Waals surface area contributed by atoms with Gasteiger partial charge in [-0.1, -0.05) is 39.8 Å². The molecule has 0 atom stereocenters. The van der Waals surface area contributed by atoms with E-state index in [1.54, 1.807) is 6.07 Å². The van der Waals surface area contributed by atoms with Crippen LogP contribution in [0.15, 0.2) is 53.0 Å². The van der Waals surface area contributed by atoms with Gasteiger partial charge in [0, 0.05) is 0 Å². The number of carbonyl (C=O) groups excluding carboxylic acids is 1. The Kier molecular flexibility index (Phi) is 5.17. The van der Waals surface area contributed by atoms with Crippen LogP contribution in [0.1, 0.15) is 62.0 Å². The minimum atomic E-state index is -0.337. The Morgan fingerprint density at radius 1 is 0.933 bits per heavy atom. The van der Waals surface area contributed by atoms with Crippen LogP contribution in [0.2, 0.25) is 0 Å². The van der Waals surface area contributed by atoms with E-state index >= 15 is 0 Å². The van der Waals surface area contributed by atoms with Gasteiger partial charge in [-0.05, 0) is 97.9 Å². The number of hydrogen-bond donors (Lipinski definition) is 0. The van der Waals surface area contributed by atoms with Gasteiger partial charge in [-0.2, -0.15) is 0 Å². The molecule has 0 aromatic heterocycles. The zero-order valence-corrected chi connectivity index (χ0v) is 19.7. The molecule has 0 heterocycles. The van der Waals surface area contributed by atoms with Gasteiger partial charge >= 0.3 is 5.97 Å². The van der Waals surface area contributed by atoms with Crippen molar-refractivity contribution in [1.82, 2.24) is 0 Å². The highest BCUT2D eigenvalue weighted by molar-refractivity contribution is 9.10. The van der Waals surface area contributed by atoms with E-state index in [0.29, 0.717) is 5.56 Å². The molecule has 0 unspecified atom stereocenters. The average molecular weight is 467 g/mol. The van der Waals surface area contributed by atoms with Crippen molar-refractivity contribution < 1.29 is 14.3 Å². The first-order valence-corrected chi connectivity index (χ1v) is 11.1. The van der Waals surface area contributed by atoms with Crippen molar-refractivity contribution in [2.24, 2.45) is 0 Å². The summed E-state index contributed by atoms with van der Waals surface area (Å²) in [6.07, 6.45) is 2.33. The maximum atomic E-state index is 12.0. The number of methoxy groups -OCH3 is 1. The van der Waals surface area contributed by atoms with E-state index in [4.69, 9.17) is 9.47 Å². The summed E-state index contributed by atoms with van der Waals surface area (Å²) in [6, 6.07) is 15.8. The molecule has 3 aromatic carbocycles. The Morgan fingerprint density at radius 3 is 2.27 bits per heavy atom. The third-order valence-corrected chi connectivity index (χ3v) is 7.01. The van der Waals surface area contributed by atoms with Crippen molar-refractivity contribution in [3.8, 4) is 11.5 Å². The molecule has 0 saturated carbocycles. The van der Waals surface area contributed by atoms with E-state index in [9.17, 15) is 4.79 Å². The monoisotopic (exact) mass is 466 g/mol. The number of hydrogen-bond acceptors (Lipinski definition) is 3. The summed E-state index contributed by atoms with van der Waals surface area (Å²) in [5.41, 5.74) is 3.56. The normalized spacial score (nSPS) is 16.7. The van der Waals surface area contributed by atoms with Crippen LogP contribution in [0.5, 0.6) is 11.5 Å². The number of fused-ring (bicyclic) bond motifs is 2. The predicted octanol–water partition coefficient (Wildman–Crippen LogP) is 7.53. The number of esters is 1. The van der Waals surface area contributed by atoms with E-state index in [-0.39, 0.29) is 16.8 Å². The Labute approximate surface area is 186 Å². The molecule has 156 valence electrons. The number of benzene rings is 3. The smallest absolute Gasteiger partial charge is 0.338 e. The van der Waals surface area contributed by atoms with Crippen molar-refractivity contribution in [2.45, 2.75) is 51.4 Å². The topological polar surface area (TPSA) is 35.5 Å². The maximum absolute atomic E-state index is 12.0. The molecule has 30 heavy (non-hydrogen) atoms. The van der Waals surface area contributed by atoms with Gasteiger partial charge in [0.15, 0.2) is 0 Å². The molecular weight excluding hydrogens is 440 g/mol. The lowest BCUT2D eigenvalue weighted by Gasteiger charge is -2.42. The van der Waals surface area contributed by atoms with Crippen LogP contribution in [0.4, 0.5) is 0 Å². The zero-order valence-electron chi connectivity index (χ0n) is 18.1.